The Labute approximate surface area is 117 Å². The number of hydrogen-bond donors (Lipinski definition) is 1. The highest BCUT2D eigenvalue weighted by Crippen LogP contribution is 2.06. The summed E-state index contributed by atoms with van der Waals surface area (Å²) in [6, 6.07) is 8.99. The van der Waals surface area contributed by atoms with Crippen LogP contribution in [0.25, 0.3) is 0 Å². The van der Waals surface area contributed by atoms with E-state index in [0.717, 1.165) is 11.4 Å². The van der Waals surface area contributed by atoms with Crippen LogP contribution in [-0.2, 0) is 13.5 Å². The molecule has 0 fully saturated rings. The normalized spacial score (nSPS) is 10.7. The first-order valence-corrected chi connectivity index (χ1v) is 6.24. The summed E-state index contributed by atoms with van der Waals surface area (Å²) in [5.41, 5.74) is 1.77. The number of nitrogens with zero attached hydrogens (tertiary/aromatic N) is 4. The maximum absolute atomic E-state index is 11.9. The molecule has 1 heterocycles. The first-order valence-electron chi connectivity index (χ1n) is 6.24. The number of carbonyl (C=O) groups is 1. The number of carbonyl (C=O) groups excluding carboxylic acids is 1. The Morgan fingerprint density at radius 1 is 1.45 bits per heavy atom. The van der Waals surface area contributed by atoms with Gasteiger partial charge >= 0.3 is 6.03 Å². The van der Waals surface area contributed by atoms with E-state index in [-0.39, 0.29) is 6.03 Å². The molecule has 104 valence electrons. The molecule has 0 saturated heterocycles. The van der Waals surface area contributed by atoms with Crippen molar-refractivity contribution in [3.05, 3.63) is 48.5 Å². The van der Waals surface area contributed by atoms with E-state index < -0.39 is 0 Å². The highest BCUT2D eigenvalue weighted by Gasteiger charge is 2.06. The van der Waals surface area contributed by atoms with Crippen molar-refractivity contribution >= 4 is 17.9 Å². The van der Waals surface area contributed by atoms with Gasteiger partial charge in [0.05, 0.1) is 6.33 Å². The SMILES string of the molecule is CN(/N=C/Cc1cncn1C)C(=O)Nc1ccccc1. The van der Waals surface area contributed by atoms with Crippen LogP contribution in [0.5, 0.6) is 0 Å². The number of rotatable bonds is 4. The molecule has 2 rings (SSSR count). The van der Waals surface area contributed by atoms with Crippen molar-refractivity contribution in [1.82, 2.24) is 14.6 Å². The van der Waals surface area contributed by atoms with Crippen molar-refractivity contribution in [3.8, 4) is 0 Å². The van der Waals surface area contributed by atoms with E-state index in [1.165, 1.54) is 5.01 Å². The van der Waals surface area contributed by atoms with Crippen molar-refractivity contribution in [1.29, 1.82) is 0 Å². The molecule has 0 radical (unpaired) electrons. The molecule has 0 bridgehead atoms. The van der Waals surface area contributed by atoms with E-state index >= 15 is 0 Å². The number of benzene rings is 1. The summed E-state index contributed by atoms with van der Waals surface area (Å²) >= 11 is 0. The van der Waals surface area contributed by atoms with Crippen molar-refractivity contribution in [2.75, 3.05) is 12.4 Å². The van der Waals surface area contributed by atoms with Crippen molar-refractivity contribution < 1.29 is 4.79 Å². The van der Waals surface area contributed by atoms with E-state index in [1.807, 2.05) is 41.9 Å². The predicted octanol–water partition coefficient (Wildman–Crippen LogP) is 2.11. The van der Waals surface area contributed by atoms with Gasteiger partial charge in [0.25, 0.3) is 0 Å². The van der Waals surface area contributed by atoms with Gasteiger partial charge in [0.2, 0.25) is 0 Å². The quantitative estimate of drug-likeness (QED) is 0.684. The van der Waals surface area contributed by atoms with E-state index in [4.69, 9.17) is 0 Å². The van der Waals surface area contributed by atoms with Gasteiger partial charge in [0.15, 0.2) is 0 Å². The lowest BCUT2D eigenvalue weighted by Crippen LogP contribution is -2.27. The van der Waals surface area contributed by atoms with Gasteiger partial charge in [-0.25, -0.2) is 14.8 Å². The van der Waals surface area contributed by atoms with Crippen LogP contribution in [0.1, 0.15) is 5.69 Å². The Kier molecular flexibility index (Phi) is 4.49. The predicted molar refractivity (Wildman–Crippen MR) is 78.6 cm³/mol. The molecule has 6 nitrogen and oxygen atoms in total. The maximum atomic E-state index is 11.9. The van der Waals surface area contributed by atoms with Crippen LogP contribution >= 0.6 is 0 Å². The number of hydrazone groups is 1. The Morgan fingerprint density at radius 3 is 2.85 bits per heavy atom. The lowest BCUT2D eigenvalue weighted by molar-refractivity contribution is 0.224. The zero-order valence-corrected chi connectivity index (χ0v) is 11.5. The standard InChI is InChI=1S/C14H17N5O/c1-18-11-15-10-13(18)8-9-16-19(2)14(20)17-12-6-4-3-5-7-12/h3-7,9-11H,8H2,1-2H3,(H,17,20)/b16-9+. The first-order chi connectivity index (χ1) is 9.66. The minimum Gasteiger partial charge on any atom is -0.337 e. The van der Waals surface area contributed by atoms with E-state index in [2.05, 4.69) is 15.4 Å². The summed E-state index contributed by atoms with van der Waals surface area (Å²) in [6.07, 6.45) is 5.81. The van der Waals surface area contributed by atoms with Crippen LogP contribution in [0.15, 0.2) is 48.0 Å². The van der Waals surface area contributed by atoms with Crippen molar-refractivity contribution in [2.24, 2.45) is 12.1 Å². The molecule has 0 aliphatic rings. The van der Waals surface area contributed by atoms with Crippen LogP contribution < -0.4 is 5.32 Å². The fourth-order valence-electron chi connectivity index (χ4n) is 1.62. The molecule has 20 heavy (non-hydrogen) atoms. The number of amides is 2. The summed E-state index contributed by atoms with van der Waals surface area (Å²) in [5.74, 6) is 0. The molecule has 0 spiro atoms. The summed E-state index contributed by atoms with van der Waals surface area (Å²) in [7, 11) is 3.53. The molecule has 1 aromatic carbocycles. The molecular formula is C14H17N5O. The molecule has 2 amide bonds. The second-order valence-electron chi connectivity index (χ2n) is 4.32. The number of nitrogens with one attached hydrogen (secondary N) is 1. The van der Waals surface area contributed by atoms with Crippen LogP contribution in [0.3, 0.4) is 0 Å². The van der Waals surface area contributed by atoms with E-state index in [9.17, 15) is 4.79 Å². The lowest BCUT2D eigenvalue weighted by Gasteiger charge is -2.12. The number of hydrogen-bond acceptors (Lipinski definition) is 3. The van der Waals surface area contributed by atoms with Gasteiger partial charge in [-0.2, -0.15) is 5.10 Å². The highest BCUT2D eigenvalue weighted by atomic mass is 16.2. The fourth-order valence-corrected chi connectivity index (χ4v) is 1.62. The molecule has 0 atom stereocenters. The molecule has 2 aromatic rings. The zero-order valence-electron chi connectivity index (χ0n) is 11.5. The first kappa shape index (κ1) is 13.8. The van der Waals surface area contributed by atoms with Gasteiger partial charge in [-0.15, -0.1) is 0 Å². The number of aryl methyl sites for hydroxylation is 1. The number of imidazole rings is 1. The minimum atomic E-state index is -0.280. The molecular weight excluding hydrogens is 254 g/mol. The second kappa shape index (κ2) is 6.51. The average molecular weight is 271 g/mol. The van der Waals surface area contributed by atoms with Crippen molar-refractivity contribution in [3.63, 3.8) is 0 Å². The number of anilines is 1. The summed E-state index contributed by atoms with van der Waals surface area (Å²) in [4.78, 5) is 15.9. The second-order valence-corrected chi connectivity index (χ2v) is 4.32. The van der Waals surface area contributed by atoms with Gasteiger partial charge in [-0.3, -0.25) is 0 Å². The van der Waals surface area contributed by atoms with Gasteiger partial charge in [0.1, 0.15) is 0 Å². The third-order valence-electron chi connectivity index (χ3n) is 2.79. The number of para-hydroxylation sites is 1. The van der Waals surface area contributed by atoms with Gasteiger partial charge < -0.3 is 9.88 Å². The smallest absolute Gasteiger partial charge is 0.337 e. The van der Waals surface area contributed by atoms with E-state index in [0.29, 0.717) is 6.42 Å². The van der Waals surface area contributed by atoms with Crippen LogP contribution in [0, 0.1) is 0 Å². The fraction of sp³-hybridized carbons (Fsp3) is 0.214. The topological polar surface area (TPSA) is 62.5 Å². The molecule has 0 saturated carbocycles. The summed E-state index contributed by atoms with van der Waals surface area (Å²) < 4.78 is 1.91. The molecule has 0 aliphatic heterocycles. The Hall–Kier alpha value is -2.63. The van der Waals surface area contributed by atoms with Crippen LogP contribution in [-0.4, -0.2) is 33.9 Å². The van der Waals surface area contributed by atoms with Crippen molar-refractivity contribution in [2.45, 2.75) is 6.42 Å². The Morgan fingerprint density at radius 2 is 2.20 bits per heavy atom. The van der Waals surface area contributed by atoms with Crippen LogP contribution in [0.4, 0.5) is 10.5 Å². The van der Waals surface area contributed by atoms with Gasteiger partial charge in [0, 0.05) is 44.3 Å². The molecule has 1 N–H and O–H groups in total. The molecule has 1 aromatic heterocycles. The maximum Gasteiger partial charge on any atom is 0.341 e. The van der Waals surface area contributed by atoms with Gasteiger partial charge in [-0.05, 0) is 12.1 Å². The summed E-state index contributed by atoms with van der Waals surface area (Å²) in [5, 5.41) is 8.11. The number of urea groups is 1. The van der Waals surface area contributed by atoms with Gasteiger partial charge in [-0.1, -0.05) is 18.2 Å². The lowest BCUT2D eigenvalue weighted by atomic mass is 10.3. The molecule has 0 unspecified atom stereocenters. The Balaban J connectivity index is 1.86. The van der Waals surface area contributed by atoms with Crippen LogP contribution in [0.2, 0.25) is 0 Å². The third-order valence-corrected chi connectivity index (χ3v) is 2.79. The Bertz CT molecular complexity index is 591. The average Bonchev–Trinajstić information content (AvgIpc) is 2.85. The highest BCUT2D eigenvalue weighted by molar-refractivity contribution is 5.89. The third kappa shape index (κ3) is 3.68. The monoisotopic (exact) mass is 271 g/mol. The summed E-state index contributed by atoms with van der Waals surface area (Å²) in [6.45, 7) is 0. The zero-order chi connectivity index (χ0) is 14.4. The molecule has 0 aliphatic carbocycles. The minimum absolute atomic E-state index is 0.280. The van der Waals surface area contributed by atoms with E-state index in [1.54, 1.807) is 25.8 Å². The number of aromatic nitrogens is 2. The largest absolute Gasteiger partial charge is 0.341 e. The molecule has 6 heteroatoms.